The number of benzene rings is 2. The van der Waals surface area contributed by atoms with E-state index < -0.39 is 0 Å². The van der Waals surface area contributed by atoms with Gasteiger partial charge in [-0.25, -0.2) is 0 Å². The molecule has 0 spiro atoms. The fourth-order valence-corrected chi connectivity index (χ4v) is 2.55. The predicted octanol–water partition coefficient (Wildman–Crippen LogP) is 4.01. The summed E-state index contributed by atoms with van der Waals surface area (Å²) in [6, 6.07) is 17.1. The quantitative estimate of drug-likeness (QED) is 0.768. The molecule has 20 heavy (non-hydrogen) atoms. The van der Waals surface area contributed by atoms with Crippen LogP contribution in [0.4, 0.5) is 0 Å². The minimum absolute atomic E-state index is 0.897. The number of hydrogen-bond acceptors (Lipinski definition) is 2. The summed E-state index contributed by atoms with van der Waals surface area (Å²) >= 11 is 0. The van der Waals surface area contributed by atoms with Crippen molar-refractivity contribution in [2.24, 2.45) is 0 Å². The second-order valence-electron chi connectivity index (χ2n) is 4.84. The van der Waals surface area contributed by atoms with E-state index in [1.807, 2.05) is 12.4 Å². The van der Waals surface area contributed by atoms with Gasteiger partial charge in [0.2, 0.25) is 0 Å². The Kier molecular flexibility index (Phi) is 3.75. The lowest BCUT2D eigenvalue weighted by Gasteiger charge is -2.12. The van der Waals surface area contributed by atoms with Crippen LogP contribution >= 0.6 is 0 Å². The van der Waals surface area contributed by atoms with Gasteiger partial charge in [-0.3, -0.25) is 4.98 Å². The Hall–Kier alpha value is -2.19. The van der Waals surface area contributed by atoms with Crippen LogP contribution in [0.3, 0.4) is 0 Å². The largest absolute Gasteiger partial charge is 0.313 e. The summed E-state index contributed by atoms with van der Waals surface area (Å²) in [6.45, 7) is 4.01. The zero-order valence-electron chi connectivity index (χ0n) is 11.6. The molecule has 1 aromatic heterocycles. The van der Waals surface area contributed by atoms with Crippen LogP contribution in [-0.2, 0) is 6.54 Å². The third-order valence-corrected chi connectivity index (χ3v) is 3.55. The standard InChI is InChI=1S/C18H18N2/c1-2-19-12-14-6-3-4-8-16(14)18-9-5-7-15-13-20-11-10-17(15)18/h3-11,13,19H,2,12H2,1H3. The number of rotatable bonds is 4. The summed E-state index contributed by atoms with van der Waals surface area (Å²) in [5, 5.41) is 5.85. The van der Waals surface area contributed by atoms with E-state index in [1.54, 1.807) is 0 Å². The SMILES string of the molecule is CCNCc1ccccc1-c1cccc2cnccc12. The fraction of sp³-hybridized carbons (Fsp3) is 0.167. The van der Waals surface area contributed by atoms with Gasteiger partial charge >= 0.3 is 0 Å². The minimum atomic E-state index is 0.897. The maximum Gasteiger partial charge on any atom is 0.0346 e. The molecule has 0 aliphatic heterocycles. The normalized spacial score (nSPS) is 10.8. The van der Waals surface area contributed by atoms with Crippen LogP contribution in [-0.4, -0.2) is 11.5 Å². The topological polar surface area (TPSA) is 24.9 Å². The lowest BCUT2D eigenvalue weighted by atomic mass is 9.95. The van der Waals surface area contributed by atoms with E-state index in [2.05, 4.69) is 65.8 Å². The van der Waals surface area contributed by atoms with Crippen molar-refractivity contribution in [3.63, 3.8) is 0 Å². The molecule has 0 saturated heterocycles. The Labute approximate surface area is 119 Å². The molecule has 0 fully saturated rings. The molecular weight excluding hydrogens is 244 g/mol. The summed E-state index contributed by atoms with van der Waals surface area (Å²) in [4.78, 5) is 4.21. The van der Waals surface area contributed by atoms with Crippen molar-refractivity contribution in [1.82, 2.24) is 10.3 Å². The molecule has 2 nitrogen and oxygen atoms in total. The minimum Gasteiger partial charge on any atom is -0.313 e. The highest BCUT2D eigenvalue weighted by molar-refractivity contribution is 5.96. The smallest absolute Gasteiger partial charge is 0.0346 e. The highest BCUT2D eigenvalue weighted by Gasteiger charge is 2.07. The number of hydrogen-bond donors (Lipinski definition) is 1. The molecule has 3 aromatic rings. The van der Waals surface area contributed by atoms with Gasteiger partial charge < -0.3 is 5.32 Å². The zero-order valence-corrected chi connectivity index (χ0v) is 11.6. The van der Waals surface area contributed by atoms with Crippen molar-refractivity contribution in [1.29, 1.82) is 0 Å². The fourth-order valence-electron chi connectivity index (χ4n) is 2.55. The summed E-state index contributed by atoms with van der Waals surface area (Å²) in [5.41, 5.74) is 3.90. The summed E-state index contributed by atoms with van der Waals surface area (Å²) in [6.07, 6.45) is 3.78. The summed E-state index contributed by atoms with van der Waals surface area (Å²) in [5.74, 6) is 0. The van der Waals surface area contributed by atoms with E-state index in [-0.39, 0.29) is 0 Å². The monoisotopic (exact) mass is 262 g/mol. The Balaban J connectivity index is 2.16. The van der Waals surface area contributed by atoms with Gasteiger partial charge in [-0.1, -0.05) is 49.4 Å². The van der Waals surface area contributed by atoms with Crippen LogP contribution in [0.2, 0.25) is 0 Å². The van der Waals surface area contributed by atoms with Gasteiger partial charge in [-0.2, -0.15) is 0 Å². The van der Waals surface area contributed by atoms with Gasteiger partial charge in [-0.05, 0) is 34.7 Å². The first-order valence-electron chi connectivity index (χ1n) is 7.02. The molecule has 2 aromatic carbocycles. The lowest BCUT2D eigenvalue weighted by molar-refractivity contribution is 0.728. The van der Waals surface area contributed by atoms with Crippen molar-refractivity contribution < 1.29 is 0 Å². The first kappa shape index (κ1) is 12.8. The average Bonchev–Trinajstić information content (AvgIpc) is 2.53. The molecule has 2 heteroatoms. The zero-order chi connectivity index (χ0) is 13.8. The second kappa shape index (κ2) is 5.85. The molecule has 100 valence electrons. The predicted molar refractivity (Wildman–Crippen MR) is 84.6 cm³/mol. The van der Waals surface area contributed by atoms with Crippen LogP contribution in [0.5, 0.6) is 0 Å². The van der Waals surface area contributed by atoms with E-state index >= 15 is 0 Å². The van der Waals surface area contributed by atoms with Crippen LogP contribution in [0.1, 0.15) is 12.5 Å². The lowest BCUT2D eigenvalue weighted by Crippen LogP contribution is -2.12. The van der Waals surface area contributed by atoms with Crippen molar-refractivity contribution >= 4 is 10.8 Å². The number of aromatic nitrogens is 1. The van der Waals surface area contributed by atoms with Crippen molar-refractivity contribution in [2.45, 2.75) is 13.5 Å². The van der Waals surface area contributed by atoms with E-state index in [0.29, 0.717) is 0 Å². The van der Waals surface area contributed by atoms with Crippen molar-refractivity contribution in [3.8, 4) is 11.1 Å². The first-order valence-corrected chi connectivity index (χ1v) is 7.02. The van der Waals surface area contributed by atoms with Crippen LogP contribution in [0.25, 0.3) is 21.9 Å². The van der Waals surface area contributed by atoms with E-state index in [1.165, 1.54) is 27.5 Å². The molecule has 0 amide bonds. The molecule has 0 saturated carbocycles. The summed E-state index contributed by atoms with van der Waals surface area (Å²) < 4.78 is 0. The number of nitrogens with zero attached hydrogens (tertiary/aromatic N) is 1. The molecule has 0 unspecified atom stereocenters. The van der Waals surface area contributed by atoms with E-state index in [9.17, 15) is 0 Å². The Morgan fingerprint density at radius 2 is 1.80 bits per heavy atom. The van der Waals surface area contributed by atoms with Gasteiger partial charge in [0.05, 0.1) is 0 Å². The molecule has 3 rings (SSSR count). The summed E-state index contributed by atoms with van der Waals surface area (Å²) in [7, 11) is 0. The Morgan fingerprint density at radius 3 is 2.70 bits per heavy atom. The van der Waals surface area contributed by atoms with Gasteiger partial charge in [0, 0.05) is 24.3 Å². The van der Waals surface area contributed by atoms with Gasteiger partial charge in [0.25, 0.3) is 0 Å². The molecular formula is C18H18N2. The van der Waals surface area contributed by atoms with Crippen molar-refractivity contribution in [2.75, 3.05) is 6.54 Å². The highest BCUT2D eigenvalue weighted by Crippen LogP contribution is 2.30. The molecule has 0 aliphatic carbocycles. The van der Waals surface area contributed by atoms with Gasteiger partial charge in [0.1, 0.15) is 0 Å². The molecule has 0 bridgehead atoms. The maximum atomic E-state index is 4.21. The average molecular weight is 262 g/mol. The third kappa shape index (κ3) is 2.43. The molecule has 0 atom stereocenters. The van der Waals surface area contributed by atoms with Crippen molar-refractivity contribution in [3.05, 3.63) is 66.5 Å². The number of fused-ring (bicyclic) bond motifs is 1. The van der Waals surface area contributed by atoms with Gasteiger partial charge in [0.15, 0.2) is 0 Å². The Morgan fingerprint density at radius 1 is 0.950 bits per heavy atom. The van der Waals surface area contributed by atoms with Crippen LogP contribution in [0, 0.1) is 0 Å². The molecule has 1 heterocycles. The maximum absolute atomic E-state index is 4.21. The number of pyridine rings is 1. The number of nitrogens with one attached hydrogen (secondary N) is 1. The van der Waals surface area contributed by atoms with E-state index in [0.717, 1.165) is 13.1 Å². The molecule has 1 N–H and O–H groups in total. The molecule has 0 aliphatic rings. The Bertz CT molecular complexity index is 714. The first-order chi connectivity index (χ1) is 9.90. The van der Waals surface area contributed by atoms with Gasteiger partial charge in [-0.15, -0.1) is 0 Å². The molecule has 0 radical (unpaired) electrons. The van der Waals surface area contributed by atoms with Crippen LogP contribution < -0.4 is 5.32 Å². The van der Waals surface area contributed by atoms with E-state index in [4.69, 9.17) is 0 Å². The second-order valence-corrected chi connectivity index (χ2v) is 4.84. The third-order valence-electron chi connectivity index (χ3n) is 3.55. The van der Waals surface area contributed by atoms with Crippen LogP contribution in [0.15, 0.2) is 60.9 Å². The highest BCUT2D eigenvalue weighted by atomic mass is 14.8.